The Morgan fingerprint density at radius 2 is 2.05 bits per heavy atom. The van der Waals surface area contributed by atoms with E-state index in [1.54, 1.807) is 12.1 Å². The first-order chi connectivity index (χ1) is 9.15. The van der Waals surface area contributed by atoms with Crippen LogP contribution in [0.15, 0.2) is 29.4 Å². The largest absolute Gasteiger partial charge is 0.409 e. The highest BCUT2D eigenvalue weighted by atomic mass is 16.4. The smallest absolute Gasteiger partial charge is 0.227 e. The lowest BCUT2D eigenvalue weighted by Gasteiger charge is -2.20. The van der Waals surface area contributed by atoms with E-state index in [1.165, 1.54) is 0 Å². The van der Waals surface area contributed by atoms with Crippen LogP contribution >= 0.6 is 0 Å². The zero-order valence-electron chi connectivity index (χ0n) is 11.0. The third-order valence-electron chi connectivity index (χ3n) is 3.36. The van der Waals surface area contributed by atoms with Crippen molar-refractivity contribution in [2.24, 2.45) is 10.9 Å². The van der Waals surface area contributed by atoms with Gasteiger partial charge in [0.15, 0.2) is 5.84 Å². The number of carbonyl (C=O) groups excluding carboxylic acids is 1. The molecule has 0 bridgehead atoms. The molecule has 5 nitrogen and oxygen atoms in total. The van der Waals surface area contributed by atoms with E-state index in [-0.39, 0.29) is 11.7 Å². The molecule has 0 spiro atoms. The van der Waals surface area contributed by atoms with E-state index in [0.717, 1.165) is 24.9 Å². The van der Waals surface area contributed by atoms with Crippen molar-refractivity contribution in [1.82, 2.24) is 4.90 Å². The van der Waals surface area contributed by atoms with Crippen LogP contribution in [0, 0.1) is 0 Å². The summed E-state index contributed by atoms with van der Waals surface area (Å²) in [5.74, 6) is 0.243. The summed E-state index contributed by atoms with van der Waals surface area (Å²) >= 11 is 0. The third-order valence-corrected chi connectivity index (χ3v) is 3.36. The number of oxime groups is 1. The van der Waals surface area contributed by atoms with Crippen molar-refractivity contribution in [3.05, 3.63) is 35.4 Å². The molecule has 0 heterocycles. The highest BCUT2D eigenvalue weighted by molar-refractivity contribution is 5.97. The number of amidine groups is 1. The maximum absolute atomic E-state index is 12.1. The Kier molecular flexibility index (Phi) is 4.04. The predicted molar refractivity (Wildman–Crippen MR) is 73.1 cm³/mol. The zero-order valence-corrected chi connectivity index (χ0v) is 11.0. The van der Waals surface area contributed by atoms with Gasteiger partial charge >= 0.3 is 0 Å². The van der Waals surface area contributed by atoms with E-state index in [9.17, 15) is 4.79 Å². The molecule has 3 N–H and O–H groups in total. The summed E-state index contributed by atoms with van der Waals surface area (Å²) in [6.07, 6.45) is 2.66. The molecule has 19 heavy (non-hydrogen) atoms. The van der Waals surface area contributed by atoms with Crippen LogP contribution in [0.4, 0.5) is 0 Å². The fourth-order valence-corrected chi connectivity index (χ4v) is 2.15. The molecule has 102 valence electrons. The minimum absolute atomic E-state index is 0.0750. The summed E-state index contributed by atoms with van der Waals surface area (Å²) in [5.41, 5.74) is 7.08. The second kappa shape index (κ2) is 5.73. The molecule has 0 saturated heterocycles. The van der Waals surface area contributed by atoms with Gasteiger partial charge in [-0.25, -0.2) is 0 Å². The van der Waals surface area contributed by atoms with Crippen LogP contribution < -0.4 is 5.73 Å². The predicted octanol–water partition coefficient (Wildman–Crippen LogP) is 1.33. The van der Waals surface area contributed by atoms with Gasteiger partial charge in [0.25, 0.3) is 0 Å². The molecule has 2 rings (SSSR count). The first kappa shape index (κ1) is 13.4. The highest BCUT2D eigenvalue weighted by Gasteiger charge is 2.30. The molecule has 0 unspecified atom stereocenters. The van der Waals surface area contributed by atoms with E-state index in [4.69, 9.17) is 10.9 Å². The fraction of sp³-hybridized carbons (Fsp3) is 0.429. The van der Waals surface area contributed by atoms with Gasteiger partial charge in [-0.2, -0.15) is 0 Å². The molecule has 1 aromatic rings. The lowest BCUT2D eigenvalue weighted by Crippen LogP contribution is -2.34. The minimum Gasteiger partial charge on any atom is -0.409 e. The van der Waals surface area contributed by atoms with E-state index < -0.39 is 0 Å². The molecule has 5 heteroatoms. The summed E-state index contributed by atoms with van der Waals surface area (Å²) in [6, 6.07) is 7.64. The van der Waals surface area contributed by atoms with Gasteiger partial charge in [-0.15, -0.1) is 0 Å². The summed E-state index contributed by atoms with van der Waals surface area (Å²) in [7, 11) is 0. The number of hydrogen-bond donors (Lipinski definition) is 2. The van der Waals surface area contributed by atoms with Crippen molar-refractivity contribution in [2.75, 3.05) is 6.54 Å². The Morgan fingerprint density at radius 3 is 2.53 bits per heavy atom. The number of amides is 1. The molecule has 1 aliphatic carbocycles. The summed E-state index contributed by atoms with van der Waals surface area (Å²) in [4.78, 5) is 14.1. The molecule has 1 aromatic carbocycles. The van der Waals surface area contributed by atoms with Crippen molar-refractivity contribution in [2.45, 2.75) is 32.2 Å². The average molecular weight is 261 g/mol. The number of hydrogen-bond acceptors (Lipinski definition) is 3. The van der Waals surface area contributed by atoms with Crippen LogP contribution in [0.2, 0.25) is 0 Å². The number of nitrogens with zero attached hydrogens (tertiary/aromatic N) is 2. The molecular weight excluding hydrogens is 242 g/mol. The van der Waals surface area contributed by atoms with Gasteiger partial charge in [-0.05, 0) is 25.3 Å². The van der Waals surface area contributed by atoms with E-state index in [2.05, 4.69) is 5.16 Å². The Hall–Kier alpha value is -2.04. The van der Waals surface area contributed by atoms with Crippen LogP contribution in [-0.4, -0.2) is 34.4 Å². The van der Waals surface area contributed by atoms with Gasteiger partial charge in [0, 0.05) is 18.2 Å². The van der Waals surface area contributed by atoms with E-state index in [0.29, 0.717) is 18.0 Å². The lowest BCUT2D eigenvalue weighted by atomic mass is 10.1. The number of likely N-dealkylation sites (N-methyl/N-ethyl adjacent to an activating group) is 1. The summed E-state index contributed by atoms with van der Waals surface area (Å²) in [6.45, 7) is 2.78. The monoisotopic (exact) mass is 261 g/mol. The van der Waals surface area contributed by atoms with Crippen LogP contribution in [0.3, 0.4) is 0 Å². The maximum Gasteiger partial charge on any atom is 0.227 e. The van der Waals surface area contributed by atoms with Gasteiger partial charge < -0.3 is 15.8 Å². The molecule has 1 amide bonds. The molecule has 0 aromatic heterocycles. The summed E-state index contributed by atoms with van der Waals surface area (Å²) < 4.78 is 0. The van der Waals surface area contributed by atoms with E-state index >= 15 is 0 Å². The van der Waals surface area contributed by atoms with Crippen molar-refractivity contribution in [3.8, 4) is 0 Å². The first-order valence-electron chi connectivity index (χ1n) is 6.52. The van der Waals surface area contributed by atoms with Crippen molar-refractivity contribution in [3.63, 3.8) is 0 Å². The molecule has 1 saturated carbocycles. The molecule has 0 aliphatic heterocycles. The standard InChI is InChI=1S/C14H19N3O2/c1-2-17(12-7-8-12)13(18)9-10-3-5-11(6-4-10)14(15)16-19/h3-6,12,19H,2,7-9H2,1H3,(H2,15,16). The Balaban J connectivity index is 2.00. The molecular formula is C14H19N3O2. The number of rotatable bonds is 5. The zero-order chi connectivity index (χ0) is 13.8. The lowest BCUT2D eigenvalue weighted by molar-refractivity contribution is -0.130. The first-order valence-corrected chi connectivity index (χ1v) is 6.52. The number of nitrogens with two attached hydrogens (primary N) is 1. The highest BCUT2D eigenvalue weighted by Crippen LogP contribution is 2.27. The van der Waals surface area contributed by atoms with E-state index in [1.807, 2.05) is 24.0 Å². The van der Waals surface area contributed by atoms with Crippen molar-refractivity contribution >= 4 is 11.7 Å². The molecule has 0 radical (unpaired) electrons. The van der Waals surface area contributed by atoms with Gasteiger partial charge in [0.05, 0.1) is 6.42 Å². The Morgan fingerprint density at radius 1 is 1.42 bits per heavy atom. The van der Waals surface area contributed by atoms with Crippen molar-refractivity contribution < 1.29 is 10.0 Å². The molecule has 0 atom stereocenters. The van der Waals surface area contributed by atoms with Gasteiger partial charge in [-0.3, -0.25) is 4.79 Å². The number of benzene rings is 1. The Bertz CT molecular complexity index is 478. The third kappa shape index (κ3) is 3.24. The Labute approximate surface area is 112 Å². The fourth-order valence-electron chi connectivity index (χ4n) is 2.15. The van der Waals surface area contributed by atoms with Crippen molar-refractivity contribution in [1.29, 1.82) is 0 Å². The summed E-state index contributed by atoms with van der Waals surface area (Å²) in [5, 5.41) is 11.5. The maximum atomic E-state index is 12.1. The van der Waals surface area contributed by atoms with Crippen LogP contribution in [0.1, 0.15) is 30.9 Å². The molecule has 1 aliphatic rings. The number of carbonyl (C=O) groups is 1. The second-order valence-corrected chi connectivity index (χ2v) is 4.77. The average Bonchev–Trinajstić information content (AvgIpc) is 3.24. The van der Waals surface area contributed by atoms with Crippen LogP contribution in [0.25, 0.3) is 0 Å². The van der Waals surface area contributed by atoms with Gasteiger partial charge in [0.1, 0.15) is 0 Å². The topological polar surface area (TPSA) is 78.9 Å². The van der Waals surface area contributed by atoms with Gasteiger partial charge in [0.2, 0.25) is 5.91 Å². The van der Waals surface area contributed by atoms with Crippen LogP contribution in [0.5, 0.6) is 0 Å². The molecule has 1 fully saturated rings. The van der Waals surface area contributed by atoms with Crippen LogP contribution in [-0.2, 0) is 11.2 Å². The minimum atomic E-state index is 0.0750. The SMILES string of the molecule is CCN(C(=O)Cc1ccc(C(N)=NO)cc1)C1CC1. The van der Waals surface area contributed by atoms with Gasteiger partial charge in [-0.1, -0.05) is 29.4 Å². The second-order valence-electron chi connectivity index (χ2n) is 4.77. The quantitative estimate of drug-likeness (QED) is 0.363. The normalized spacial score (nSPS) is 15.3.